The minimum atomic E-state index is -0.481. The number of amides is 1. The van der Waals surface area contributed by atoms with Crippen molar-refractivity contribution in [3.8, 4) is 0 Å². The van der Waals surface area contributed by atoms with Gasteiger partial charge >= 0.3 is 5.97 Å². The van der Waals surface area contributed by atoms with Crippen LogP contribution in [0.3, 0.4) is 0 Å². The zero-order valence-corrected chi connectivity index (χ0v) is 13.9. The fraction of sp³-hybridized carbons (Fsp3) is 0.444. The second-order valence-electron chi connectivity index (χ2n) is 5.96. The van der Waals surface area contributed by atoms with E-state index < -0.39 is 6.04 Å². The number of carbonyl (C=O) groups excluding carboxylic acids is 2. The van der Waals surface area contributed by atoms with Crippen LogP contribution in [0.5, 0.6) is 0 Å². The van der Waals surface area contributed by atoms with Gasteiger partial charge < -0.3 is 14.5 Å². The van der Waals surface area contributed by atoms with E-state index in [1.807, 2.05) is 61.5 Å². The number of benzene rings is 1. The standard InChI is InChI=1S/C18H24N2O3/c1-19(2)15-12-16(18(22)23-3)20(13-15)17(21)11-7-10-14-8-5-4-6-9-14/h4-10,15-16H,11-13H2,1-3H3/b10-7+/t15-,16+/m1/s1. The molecule has 2 atom stereocenters. The summed E-state index contributed by atoms with van der Waals surface area (Å²) in [5.41, 5.74) is 1.05. The lowest BCUT2D eigenvalue weighted by molar-refractivity contribution is -0.150. The van der Waals surface area contributed by atoms with E-state index in [0.717, 1.165) is 5.56 Å². The van der Waals surface area contributed by atoms with E-state index in [1.165, 1.54) is 7.11 Å². The van der Waals surface area contributed by atoms with Gasteiger partial charge in [0.05, 0.1) is 7.11 Å². The van der Waals surface area contributed by atoms with Gasteiger partial charge in [-0.15, -0.1) is 0 Å². The maximum absolute atomic E-state index is 12.5. The van der Waals surface area contributed by atoms with Gasteiger partial charge in [0.15, 0.2) is 0 Å². The van der Waals surface area contributed by atoms with E-state index in [1.54, 1.807) is 4.90 Å². The molecule has 1 heterocycles. The average Bonchev–Trinajstić information content (AvgIpc) is 3.00. The number of esters is 1. The number of carbonyl (C=O) groups is 2. The van der Waals surface area contributed by atoms with Crippen LogP contribution in [0.15, 0.2) is 36.4 Å². The predicted molar refractivity (Wildman–Crippen MR) is 89.7 cm³/mol. The molecule has 0 saturated carbocycles. The number of hydrogen-bond acceptors (Lipinski definition) is 4. The normalized spacial score (nSPS) is 21.1. The van der Waals surface area contributed by atoms with Crippen LogP contribution in [0.4, 0.5) is 0 Å². The summed E-state index contributed by atoms with van der Waals surface area (Å²) in [5.74, 6) is -0.383. The van der Waals surface area contributed by atoms with Crippen molar-refractivity contribution in [3.05, 3.63) is 42.0 Å². The van der Waals surface area contributed by atoms with Crippen LogP contribution in [0, 0.1) is 0 Å². The van der Waals surface area contributed by atoms with Gasteiger partial charge in [0, 0.05) is 19.0 Å². The van der Waals surface area contributed by atoms with Crippen molar-refractivity contribution in [1.82, 2.24) is 9.80 Å². The van der Waals surface area contributed by atoms with Crippen molar-refractivity contribution in [3.63, 3.8) is 0 Å². The number of likely N-dealkylation sites (N-methyl/N-ethyl adjacent to an activating group) is 1. The smallest absolute Gasteiger partial charge is 0.328 e. The Balaban J connectivity index is 2.01. The highest BCUT2D eigenvalue weighted by Gasteiger charge is 2.40. The summed E-state index contributed by atoms with van der Waals surface area (Å²) in [4.78, 5) is 28.1. The molecule has 5 heteroatoms. The molecule has 0 bridgehead atoms. The molecule has 0 aliphatic carbocycles. The van der Waals surface area contributed by atoms with Crippen LogP contribution in [0.25, 0.3) is 6.08 Å². The van der Waals surface area contributed by atoms with E-state index in [0.29, 0.717) is 13.0 Å². The second-order valence-corrected chi connectivity index (χ2v) is 5.96. The third kappa shape index (κ3) is 4.42. The van der Waals surface area contributed by atoms with E-state index in [4.69, 9.17) is 4.74 Å². The Morgan fingerprint density at radius 2 is 2.00 bits per heavy atom. The van der Waals surface area contributed by atoms with Crippen LogP contribution < -0.4 is 0 Å². The molecular formula is C18H24N2O3. The third-order valence-corrected chi connectivity index (χ3v) is 4.21. The molecule has 2 rings (SSSR count). The monoisotopic (exact) mass is 316 g/mol. The summed E-state index contributed by atoms with van der Waals surface area (Å²) in [6, 6.07) is 9.53. The number of ether oxygens (including phenoxy) is 1. The average molecular weight is 316 g/mol. The number of nitrogens with zero attached hydrogens (tertiary/aromatic N) is 2. The summed E-state index contributed by atoms with van der Waals surface area (Å²) >= 11 is 0. The van der Waals surface area contributed by atoms with Crippen molar-refractivity contribution in [1.29, 1.82) is 0 Å². The van der Waals surface area contributed by atoms with Crippen LogP contribution in [-0.4, -0.2) is 61.5 Å². The van der Waals surface area contributed by atoms with Crippen LogP contribution >= 0.6 is 0 Å². The fourth-order valence-corrected chi connectivity index (χ4v) is 2.80. The number of likely N-dealkylation sites (tertiary alicyclic amines) is 1. The summed E-state index contributed by atoms with van der Waals surface area (Å²) in [5, 5.41) is 0. The minimum Gasteiger partial charge on any atom is -0.467 e. The number of rotatable bonds is 5. The van der Waals surface area contributed by atoms with Gasteiger partial charge in [-0.05, 0) is 26.1 Å². The lowest BCUT2D eigenvalue weighted by Gasteiger charge is -2.22. The molecule has 1 aromatic rings. The molecule has 1 aliphatic rings. The van der Waals surface area contributed by atoms with Crippen LogP contribution in [-0.2, 0) is 14.3 Å². The first kappa shape index (κ1) is 17.2. The third-order valence-electron chi connectivity index (χ3n) is 4.21. The highest BCUT2D eigenvalue weighted by molar-refractivity contribution is 5.86. The lowest BCUT2D eigenvalue weighted by atomic mass is 10.1. The first-order valence-electron chi connectivity index (χ1n) is 7.78. The lowest BCUT2D eigenvalue weighted by Crippen LogP contribution is -2.41. The minimum absolute atomic E-state index is 0.0445. The molecular weight excluding hydrogens is 292 g/mol. The molecule has 0 N–H and O–H groups in total. The number of methoxy groups -OCH3 is 1. The molecule has 1 fully saturated rings. The Bertz CT molecular complexity index is 569. The van der Waals surface area contributed by atoms with Crippen molar-refractivity contribution in [2.24, 2.45) is 0 Å². The Hall–Kier alpha value is -2.14. The van der Waals surface area contributed by atoms with Crippen molar-refractivity contribution in [2.45, 2.75) is 24.9 Å². The maximum atomic E-state index is 12.5. The quantitative estimate of drug-likeness (QED) is 0.777. The van der Waals surface area contributed by atoms with Crippen molar-refractivity contribution < 1.29 is 14.3 Å². The second kappa shape index (κ2) is 7.92. The number of hydrogen-bond donors (Lipinski definition) is 0. The molecule has 1 aromatic carbocycles. The molecule has 1 amide bonds. The van der Waals surface area contributed by atoms with Gasteiger partial charge in [0.2, 0.25) is 5.91 Å². The largest absolute Gasteiger partial charge is 0.467 e. The summed E-state index contributed by atoms with van der Waals surface area (Å²) < 4.78 is 4.85. The van der Waals surface area contributed by atoms with Crippen LogP contribution in [0.1, 0.15) is 18.4 Å². The first-order chi connectivity index (χ1) is 11.0. The Kier molecular flexibility index (Phi) is 5.93. The molecule has 0 spiro atoms. The van der Waals surface area contributed by atoms with Crippen molar-refractivity contribution in [2.75, 3.05) is 27.7 Å². The van der Waals surface area contributed by atoms with Gasteiger partial charge in [-0.3, -0.25) is 4.79 Å². The van der Waals surface area contributed by atoms with Gasteiger partial charge in [-0.2, -0.15) is 0 Å². The summed E-state index contributed by atoms with van der Waals surface area (Å²) in [6.45, 7) is 0.560. The molecule has 0 radical (unpaired) electrons. The van der Waals surface area contributed by atoms with Crippen LogP contribution in [0.2, 0.25) is 0 Å². The highest BCUT2D eigenvalue weighted by Crippen LogP contribution is 2.23. The van der Waals surface area contributed by atoms with Gasteiger partial charge in [0.25, 0.3) is 0 Å². The van der Waals surface area contributed by atoms with Gasteiger partial charge in [-0.1, -0.05) is 42.5 Å². The Morgan fingerprint density at radius 3 is 2.61 bits per heavy atom. The molecule has 1 saturated heterocycles. The Labute approximate surface area is 137 Å². The molecule has 23 heavy (non-hydrogen) atoms. The zero-order chi connectivity index (χ0) is 16.8. The highest BCUT2D eigenvalue weighted by atomic mass is 16.5. The van der Waals surface area contributed by atoms with Gasteiger partial charge in [-0.25, -0.2) is 4.79 Å². The zero-order valence-electron chi connectivity index (χ0n) is 13.9. The fourth-order valence-electron chi connectivity index (χ4n) is 2.80. The van der Waals surface area contributed by atoms with E-state index >= 15 is 0 Å². The molecule has 0 aromatic heterocycles. The summed E-state index contributed by atoms with van der Waals surface area (Å²) in [7, 11) is 5.29. The van der Waals surface area contributed by atoms with Crippen molar-refractivity contribution >= 4 is 18.0 Å². The SMILES string of the molecule is COC(=O)[C@@H]1C[C@@H](N(C)C)CN1C(=O)C/C=C/c1ccccc1. The van der Waals surface area contributed by atoms with Gasteiger partial charge in [0.1, 0.15) is 6.04 Å². The maximum Gasteiger partial charge on any atom is 0.328 e. The predicted octanol–water partition coefficient (Wildman–Crippen LogP) is 1.79. The topological polar surface area (TPSA) is 49.9 Å². The van der Waals surface area contributed by atoms with E-state index in [-0.39, 0.29) is 24.3 Å². The van der Waals surface area contributed by atoms with E-state index in [2.05, 4.69) is 0 Å². The molecule has 0 unspecified atom stereocenters. The Morgan fingerprint density at radius 1 is 1.30 bits per heavy atom. The molecule has 1 aliphatic heterocycles. The van der Waals surface area contributed by atoms with E-state index in [9.17, 15) is 9.59 Å². The first-order valence-corrected chi connectivity index (χ1v) is 7.78. The molecule has 124 valence electrons. The summed E-state index contributed by atoms with van der Waals surface area (Å²) in [6.07, 6.45) is 4.66. The molecule has 5 nitrogen and oxygen atoms in total.